The van der Waals surface area contributed by atoms with Gasteiger partial charge in [0.05, 0.1) is 12.1 Å². The molecule has 0 saturated heterocycles. The summed E-state index contributed by atoms with van der Waals surface area (Å²) in [6.45, 7) is 0. The molecule has 5 heteroatoms. The summed E-state index contributed by atoms with van der Waals surface area (Å²) in [5.41, 5.74) is 2.34. The van der Waals surface area contributed by atoms with Crippen LogP contribution in [0, 0.1) is 0 Å². The number of fused-ring (bicyclic) bond motifs is 1. The summed E-state index contributed by atoms with van der Waals surface area (Å²) in [5, 5.41) is 16.8. The lowest BCUT2D eigenvalue weighted by atomic mass is 10.1. The molecule has 0 radical (unpaired) electrons. The molecule has 1 fully saturated rings. The zero-order valence-electron chi connectivity index (χ0n) is 11.5. The van der Waals surface area contributed by atoms with Gasteiger partial charge >= 0.3 is 0 Å². The Morgan fingerprint density at radius 2 is 2.14 bits per heavy atom. The van der Waals surface area contributed by atoms with Crippen molar-refractivity contribution in [2.45, 2.75) is 37.3 Å². The number of benzene rings is 1. The van der Waals surface area contributed by atoms with Crippen LogP contribution in [0.1, 0.15) is 52.2 Å². The minimum atomic E-state index is -0.596. The third kappa shape index (κ3) is 2.23. The Morgan fingerprint density at radius 3 is 2.95 bits per heavy atom. The maximum Gasteiger partial charge on any atom is 0.274 e. The molecule has 0 bridgehead atoms. The highest BCUT2D eigenvalue weighted by Crippen LogP contribution is 2.40. The second-order valence-electron chi connectivity index (χ2n) is 5.81. The minimum Gasteiger partial charge on any atom is -0.390 e. The zero-order valence-corrected chi connectivity index (χ0v) is 11.5. The normalized spacial score (nSPS) is 23.9. The molecule has 4 rings (SSSR count). The second-order valence-corrected chi connectivity index (χ2v) is 5.81. The first-order chi connectivity index (χ1) is 10.2. The molecule has 1 aromatic heterocycles. The third-order valence-corrected chi connectivity index (χ3v) is 4.23. The molecule has 1 saturated carbocycles. The molecule has 2 N–H and O–H groups in total. The molecule has 0 spiro atoms. The Labute approximate surface area is 122 Å². The van der Waals surface area contributed by atoms with Gasteiger partial charge in [-0.1, -0.05) is 29.4 Å². The molecule has 2 atom stereocenters. The van der Waals surface area contributed by atoms with E-state index in [0.717, 1.165) is 29.7 Å². The fraction of sp³-hybridized carbons (Fsp3) is 0.375. The van der Waals surface area contributed by atoms with Gasteiger partial charge in [0, 0.05) is 18.4 Å². The van der Waals surface area contributed by atoms with Gasteiger partial charge in [-0.3, -0.25) is 4.79 Å². The minimum absolute atomic E-state index is 0.286. The largest absolute Gasteiger partial charge is 0.390 e. The highest BCUT2D eigenvalue weighted by Gasteiger charge is 2.33. The number of hydrogen-bond donors (Lipinski definition) is 2. The van der Waals surface area contributed by atoms with Crippen LogP contribution >= 0.6 is 0 Å². The van der Waals surface area contributed by atoms with E-state index in [2.05, 4.69) is 10.5 Å². The quantitative estimate of drug-likeness (QED) is 0.903. The van der Waals surface area contributed by atoms with Crippen LogP contribution in [-0.4, -0.2) is 22.3 Å². The number of aliphatic hydroxyl groups excluding tert-OH is 1. The second kappa shape index (κ2) is 4.70. The van der Waals surface area contributed by atoms with E-state index in [9.17, 15) is 9.90 Å². The molecule has 2 aliphatic carbocycles. The predicted molar refractivity (Wildman–Crippen MR) is 74.8 cm³/mol. The smallest absolute Gasteiger partial charge is 0.274 e. The summed E-state index contributed by atoms with van der Waals surface area (Å²) in [4.78, 5) is 12.3. The number of amides is 1. The van der Waals surface area contributed by atoms with Gasteiger partial charge in [-0.2, -0.15) is 0 Å². The van der Waals surface area contributed by atoms with E-state index in [1.165, 1.54) is 0 Å². The van der Waals surface area contributed by atoms with Crippen LogP contribution in [0.2, 0.25) is 0 Å². The van der Waals surface area contributed by atoms with Crippen molar-refractivity contribution >= 4 is 5.91 Å². The van der Waals surface area contributed by atoms with Crippen LogP contribution in [0.5, 0.6) is 0 Å². The molecule has 1 heterocycles. The molecule has 1 aromatic carbocycles. The Kier molecular flexibility index (Phi) is 2.82. The van der Waals surface area contributed by atoms with E-state index < -0.39 is 6.10 Å². The van der Waals surface area contributed by atoms with Gasteiger partial charge in [0.25, 0.3) is 5.91 Å². The van der Waals surface area contributed by atoms with E-state index in [1.54, 1.807) is 6.07 Å². The molecule has 2 aliphatic rings. The molecule has 2 unspecified atom stereocenters. The molecule has 5 nitrogen and oxygen atoms in total. The molecule has 0 aliphatic heterocycles. The van der Waals surface area contributed by atoms with Gasteiger partial charge in [-0.05, 0) is 24.0 Å². The van der Waals surface area contributed by atoms with Gasteiger partial charge in [0.1, 0.15) is 5.76 Å². The predicted octanol–water partition coefficient (Wildman–Crippen LogP) is 1.94. The van der Waals surface area contributed by atoms with Gasteiger partial charge in [-0.15, -0.1) is 0 Å². The van der Waals surface area contributed by atoms with Crippen LogP contribution in [-0.2, 0) is 6.42 Å². The number of nitrogens with one attached hydrogen (secondary N) is 1. The van der Waals surface area contributed by atoms with Gasteiger partial charge in [-0.25, -0.2) is 0 Å². The number of carbonyl (C=O) groups is 1. The summed E-state index contributed by atoms with van der Waals surface area (Å²) in [6.07, 6.45) is 2.17. The van der Waals surface area contributed by atoms with E-state index in [4.69, 9.17) is 4.52 Å². The van der Waals surface area contributed by atoms with E-state index in [1.807, 2.05) is 24.3 Å². The standard InChI is InChI=1S/C16H16N2O3/c19-13-7-10-3-1-2-4-11(10)15(13)17-16(20)12-8-14(21-18-12)9-5-6-9/h1-4,8-9,13,15,19H,5-7H2,(H,17,20). The monoisotopic (exact) mass is 284 g/mol. The zero-order chi connectivity index (χ0) is 14.4. The molecule has 108 valence electrons. The van der Waals surface area contributed by atoms with Crippen LogP contribution in [0.25, 0.3) is 0 Å². The number of carbonyl (C=O) groups excluding carboxylic acids is 1. The number of rotatable bonds is 3. The van der Waals surface area contributed by atoms with Crippen LogP contribution in [0.4, 0.5) is 0 Å². The first kappa shape index (κ1) is 12.6. The van der Waals surface area contributed by atoms with Crippen molar-refractivity contribution in [1.82, 2.24) is 10.5 Å². The number of aliphatic hydroxyl groups is 1. The van der Waals surface area contributed by atoms with Crippen molar-refractivity contribution in [3.05, 3.63) is 52.9 Å². The maximum atomic E-state index is 12.3. The van der Waals surface area contributed by atoms with Crippen molar-refractivity contribution in [3.63, 3.8) is 0 Å². The fourth-order valence-corrected chi connectivity index (χ4v) is 2.92. The summed E-state index contributed by atoms with van der Waals surface area (Å²) in [5.74, 6) is 0.913. The van der Waals surface area contributed by atoms with Crippen molar-refractivity contribution in [1.29, 1.82) is 0 Å². The number of hydrogen-bond acceptors (Lipinski definition) is 4. The lowest BCUT2D eigenvalue weighted by molar-refractivity contribution is 0.0849. The third-order valence-electron chi connectivity index (χ3n) is 4.23. The van der Waals surface area contributed by atoms with E-state index in [0.29, 0.717) is 12.3 Å². The van der Waals surface area contributed by atoms with Crippen LogP contribution in [0.3, 0.4) is 0 Å². The summed E-state index contributed by atoms with van der Waals surface area (Å²) in [6, 6.07) is 9.10. The van der Waals surface area contributed by atoms with E-state index >= 15 is 0 Å². The molecular formula is C16H16N2O3. The molecule has 2 aromatic rings. The lowest BCUT2D eigenvalue weighted by Crippen LogP contribution is -2.34. The maximum absolute atomic E-state index is 12.3. The van der Waals surface area contributed by atoms with Gasteiger partial charge < -0.3 is 14.9 Å². The first-order valence-electron chi connectivity index (χ1n) is 7.25. The Bertz CT molecular complexity index is 690. The topological polar surface area (TPSA) is 75.4 Å². The molecule has 1 amide bonds. The Morgan fingerprint density at radius 1 is 1.33 bits per heavy atom. The molecule has 21 heavy (non-hydrogen) atoms. The summed E-state index contributed by atoms with van der Waals surface area (Å²) in [7, 11) is 0. The van der Waals surface area contributed by atoms with Crippen LogP contribution in [0.15, 0.2) is 34.9 Å². The highest BCUT2D eigenvalue weighted by atomic mass is 16.5. The van der Waals surface area contributed by atoms with Crippen LogP contribution < -0.4 is 5.32 Å². The van der Waals surface area contributed by atoms with Crippen molar-refractivity contribution in [2.24, 2.45) is 0 Å². The first-order valence-corrected chi connectivity index (χ1v) is 7.25. The number of nitrogens with zero attached hydrogens (tertiary/aromatic N) is 1. The molecular weight excluding hydrogens is 268 g/mol. The number of aromatic nitrogens is 1. The average Bonchev–Trinajstić information content (AvgIpc) is 3.13. The SMILES string of the molecule is O=C(NC1c2ccccc2CC1O)c1cc(C2CC2)on1. The Balaban J connectivity index is 1.53. The van der Waals surface area contributed by atoms with Crippen molar-refractivity contribution in [3.8, 4) is 0 Å². The fourth-order valence-electron chi connectivity index (χ4n) is 2.92. The summed E-state index contributed by atoms with van der Waals surface area (Å²) >= 11 is 0. The lowest BCUT2D eigenvalue weighted by Gasteiger charge is -2.16. The van der Waals surface area contributed by atoms with Crippen molar-refractivity contribution in [2.75, 3.05) is 0 Å². The van der Waals surface area contributed by atoms with Gasteiger partial charge in [0.2, 0.25) is 0 Å². The van der Waals surface area contributed by atoms with Gasteiger partial charge in [0.15, 0.2) is 5.69 Å². The summed E-state index contributed by atoms with van der Waals surface area (Å²) < 4.78 is 5.20. The highest BCUT2D eigenvalue weighted by molar-refractivity contribution is 5.92. The van der Waals surface area contributed by atoms with Crippen molar-refractivity contribution < 1.29 is 14.4 Å². The Hall–Kier alpha value is -2.14. The van der Waals surface area contributed by atoms with E-state index in [-0.39, 0.29) is 17.6 Å². The average molecular weight is 284 g/mol.